The van der Waals surface area contributed by atoms with E-state index in [1.807, 2.05) is 13.8 Å². The number of carbonyl (C=O) groups is 3. The van der Waals surface area contributed by atoms with E-state index in [1.54, 1.807) is 24.3 Å². The summed E-state index contributed by atoms with van der Waals surface area (Å²) in [5.41, 5.74) is 4.81. The van der Waals surface area contributed by atoms with Gasteiger partial charge in [-0.05, 0) is 56.8 Å². The maximum absolute atomic E-state index is 12.9. The molecule has 12 heteroatoms. The van der Waals surface area contributed by atoms with Crippen LogP contribution in [-0.4, -0.2) is 58.8 Å². The van der Waals surface area contributed by atoms with Gasteiger partial charge in [0.25, 0.3) is 17.5 Å². The van der Waals surface area contributed by atoms with Gasteiger partial charge >= 0.3 is 6.03 Å². The number of non-ortho nitro benzene ring substituents is 1. The Morgan fingerprint density at radius 1 is 1.05 bits per heavy atom. The normalized spacial score (nSPS) is 13.2. The van der Waals surface area contributed by atoms with E-state index in [4.69, 9.17) is 0 Å². The second kappa shape index (κ2) is 12.5. The summed E-state index contributed by atoms with van der Waals surface area (Å²) < 4.78 is 0. The molecule has 41 heavy (non-hydrogen) atoms. The number of aryl methyl sites for hydroxylation is 1. The van der Waals surface area contributed by atoms with Crippen molar-refractivity contribution in [2.45, 2.75) is 27.7 Å². The van der Waals surface area contributed by atoms with E-state index in [0.29, 0.717) is 46.0 Å². The third kappa shape index (κ3) is 6.61. The number of nitro benzene ring substituents is 1. The second-order valence-electron chi connectivity index (χ2n) is 9.61. The van der Waals surface area contributed by atoms with Gasteiger partial charge in [0.2, 0.25) is 0 Å². The topological polar surface area (TPSA) is 162 Å². The summed E-state index contributed by atoms with van der Waals surface area (Å²) in [5.74, 6) is -0.474. The van der Waals surface area contributed by atoms with Gasteiger partial charge in [-0.3, -0.25) is 19.7 Å². The number of nitrogens with one attached hydrogen (secondary N) is 5. The van der Waals surface area contributed by atoms with Crippen molar-refractivity contribution in [3.05, 3.63) is 80.7 Å². The third-order valence-corrected chi connectivity index (χ3v) is 6.98. The Bertz CT molecular complexity index is 1540. The van der Waals surface area contributed by atoms with E-state index in [9.17, 15) is 24.5 Å². The first-order valence-electron chi connectivity index (χ1n) is 13.3. The molecule has 0 atom stereocenters. The fourth-order valence-corrected chi connectivity index (χ4v) is 4.77. The lowest BCUT2D eigenvalue weighted by Crippen LogP contribution is -2.35. The van der Waals surface area contributed by atoms with Gasteiger partial charge < -0.3 is 31.2 Å². The summed E-state index contributed by atoms with van der Waals surface area (Å²) in [4.78, 5) is 54.1. The lowest BCUT2D eigenvalue weighted by Gasteiger charge is -2.18. The predicted molar refractivity (Wildman–Crippen MR) is 159 cm³/mol. The number of benzene rings is 2. The van der Waals surface area contributed by atoms with E-state index in [2.05, 4.69) is 45.0 Å². The van der Waals surface area contributed by atoms with E-state index >= 15 is 0 Å². The minimum atomic E-state index is -0.592. The minimum Gasteiger partial charge on any atom is -0.358 e. The molecule has 2 aromatic carbocycles. The zero-order valence-corrected chi connectivity index (χ0v) is 23.4. The minimum absolute atomic E-state index is 0.141. The maximum Gasteiger partial charge on any atom is 0.323 e. The van der Waals surface area contributed by atoms with Crippen molar-refractivity contribution < 1.29 is 19.3 Å². The molecule has 5 N–H and O–H groups in total. The van der Waals surface area contributed by atoms with Crippen LogP contribution in [0.3, 0.4) is 0 Å². The highest BCUT2D eigenvalue weighted by Crippen LogP contribution is 2.36. The van der Waals surface area contributed by atoms with Crippen LogP contribution in [0.25, 0.3) is 11.6 Å². The van der Waals surface area contributed by atoms with Crippen LogP contribution in [0, 0.1) is 24.0 Å². The Balaban J connectivity index is 1.47. The van der Waals surface area contributed by atoms with Crippen LogP contribution in [0.5, 0.6) is 0 Å². The number of fused-ring (bicyclic) bond motifs is 1. The molecule has 12 nitrogen and oxygen atoms in total. The van der Waals surface area contributed by atoms with Crippen molar-refractivity contribution in [3.8, 4) is 0 Å². The van der Waals surface area contributed by atoms with E-state index in [-0.39, 0.29) is 23.2 Å². The summed E-state index contributed by atoms with van der Waals surface area (Å²) >= 11 is 0. The molecule has 0 unspecified atom stereocenters. The molecule has 1 aromatic heterocycles. The first-order valence-corrected chi connectivity index (χ1v) is 13.3. The smallest absolute Gasteiger partial charge is 0.323 e. The Hall–Kier alpha value is -4.97. The number of nitrogens with zero attached hydrogens (tertiary/aromatic N) is 2. The average molecular weight is 560 g/mol. The van der Waals surface area contributed by atoms with Crippen LogP contribution in [0.15, 0.2) is 42.5 Å². The molecule has 0 fully saturated rings. The summed E-state index contributed by atoms with van der Waals surface area (Å²) in [6.45, 7) is 11.0. The number of amides is 4. The second-order valence-corrected chi connectivity index (χ2v) is 9.61. The molecule has 0 spiro atoms. The molecule has 2 heterocycles. The van der Waals surface area contributed by atoms with Crippen LogP contribution in [0.4, 0.5) is 27.5 Å². The molecule has 0 bridgehead atoms. The van der Waals surface area contributed by atoms with Crippen molar-refractivity contribution in [2.75, 3.05) is 42.1 Å². The first kappa shape index (κ1) is 29.0. The number of urea groups is 1. The molecule has 0 saturated carbocycles. The molecule has 0 aliphatic carbocycles. The standard InChI is InChI=1S/C29H33N7O5/c1-5-35(6-2)13-12-30-28(38)26-17(3)24(31-18(26)4)16-23-22-11-10-20(15-25(22)34-27(23)37)33-29(39)32-19-8-7-9-21(14-19)36(40)41/h7-11,14-16,31H,5-6,12-13H2,1-4H3,(H,30,38)(H,34,37)(H2,32,33,39)/b23-16-. The van der Waals surface area contributed by atoms with Crippen molar-refractivity contribution in [1.29, 1.82) is 0 Å². The largest absolute Gasteiger partial charge is 0.358 e. The predicted octanol–water partition coefficient (Wildman–Crippen LogP) is 4.75. The van der Waals surface area contributed by atoms with Gasteiger partial charge in [0.15, 0.2) is 0 Å². The van der Waals surface area contributed by atoms with Gasteiger partial charge in [0.1, 0.15) is 0 Å². The van der Waals surface area contributed by atoms with Crippen LogP contribution >= 0.6 is 0 Å². The summed E-state index contributed by atoms with van der Waals surface area (Å²) in [6.07, 6.45) is 1.72. The highest BCUT2D eigenvalue weighted by molar-refractivity contribution is 6.35. The quantitative estimate of drug-likeness (QED) is 0.137. The molecule has 4 rings (SSSR count). The van der Waals surface area contributed by atoms with Gasteiger partial charge in [-0.15, -0.1) is 0 Å². The van der Waals surface area contributed by atoms with Gasteiger partial charge in [-0.2, -0.15) is 0 Å². The summed E-state index contributed by atoms with van der Waals surface area (Å²) in [5, 5.41) is 22.0. The van der Waals surface area contributed by atoms with Gasteiger partial charge in [-0.1, -0.05) is 26.0 Å². The molecule has 1 aliphatic rings. The van der Waals surface area contributed by atoms with Crippen molar-refractivity contribution in [3.63, 3.8) is 0 Å². The zero-order valence-electron chi connectivity index (χ0n) is 23.4. The zero-order chi connectivity index (χ0) is 29.7. The number of aromatic nitrogens is 1. The number of likely N-dealkylation sites (N-methyl/N-ethyl adjacent to an activating group) is 1. The van der Waals surface area contributed by atoms with Gasteiger partial charge in [-0.25, -0.2) is 4.79 Å². The Morgan fingerprint density at radius 3 is 2.44 bits per heavy atom. The number of rotatable bonds is 10. The number of nitro groups is 1. The molecule has 0 saturated heterocycles. The van der Waals surface area contributed by atoms with Gasteiger partial charge in [0, 0.05) is 53.5 Å². The van der Waals surface area contributed by atoms with Crippen LogP contribution in [0.2, 0.25) is 0 Å². The average Bonchev–Trinajstić information content (AvgIpc) is 3.40. The van der Waals surface area contributed by atoms with E-state index < -0.39 is 11.0 Å². The lowest BCUT2D eigenvalue weighted by atomic mass is 10.0. The monoisotopic (exact) mass is 559 g/mol. The number of anilines is 3. The number of aromatic amines is 1. The molecule has 214 valence electrons. The highest BCUT2D eigenvalue weighted by atomic mass is 16.6. The van der Waals surface area contributed by atoms with Crippen molar-refractivity contribution in [2.24, 2.45) is 0 Å². The van der Waals surface area contributed by atoms with E-state index in [0.717, 1.165) is 25.2 Å². The fourth-order valence-electron chi connectivity index (χ4n) is 4.77. The van der Waals surface area contributed by atoms with Crippen LogP contribution in [-0.2, 0) is 4.79 Å². The molecular weight excluding hydrogens is 526 g/mol. The summed E-state index contributed by atoms with van der Waals surface area (Å²) in [6, 6.07) is 10.0. The maximum atomic E-state index is 12.9. The number of carbonyl (C=O) groups excluding carboxylic acids is 3. The van der Waals surface area contributed by atoms with Crippen molar-refractivity contribution >= 4 is 52.2 Å². The third-order valence-electron chi connectivity index (χ3n) is 6.98. The lowest BCUT2D eigenvalue weighted by molar-refractivity contribution is -0.384. The summed E-state index contributed by atoms with van der Waals surface area (Å²) in [7, 11) is 0. The Morgan fingerprint density at radius 2 is 1.76 bits per heavy atom. The highest BCUT2D eigenvalue weighted by Gasteiger charge is 2.26. The van der Waals surface area contributed by atoms with Crippen molar-refractivity contribution in [1.82, 2.24) is 15.2 Å². The number of hydrogen-bond donors (Lipinski definition) is 5. The number of hydrogen-bond acceptors (Lipinski definition) is 6. The SMILES string of the molecule is CCN(CC)CCNC(=O)c1c(C)[nH]c(/C=C2\C(=O)Nc3cc(NC(=O)Nc4cccc([N+](=O)[O-])c4)ccc32)c1C. The molecule has 0 radical (unpaired) electrons. The number of H-pyrrole nitrogens is 1. The van der Waals surface area contributed by atoms with Crippen LogP contribution in [0.1, 0.15) is 46.7 Å². The van der Waals surface area contributed by atoms with Crippen LogP contribution < -0.4 is 21.3 Å². The molecule has 1 aliphatic heterocycles. The molecule has 4 amide bonds. The molecule has 3 aromatic rings. The molecular formula is C29H33N7O5. The first-order chi connectivity index (χ1) is 19.6. The fraction of sp³-hybridized carbons (Fsp3) is 0.276. The van der Waals surface area contributed by atoms with Gasteiger partial charge in [0.05, 0.1) is 21.7 Å². The van der Waals surface area contributed by atoms with E-state index in [1.165, 1.54) is 24.3 Å². The Kier molecular flexibility index (Phi) is 8.83. The Labute approximate surface area is 237 Å².